The van der Waals surface area contributed by atoms with Crippen molar-refractivity contribution in [2.45, 2.75) is 79.1 Å². The summed E-state index contributed by atoms with van der Waals surface area (Å²) in [5, 5.41) is 0. The summed E-state index contributed by atoms with van der Waals surface area (Å²) in [4.78, 5) is 0. The largest absolute Gasteiger partial charge is 0.0561 e. The number of benzene rings is 2. The highest BCUT2D eigenvalue weighted by molar-refractivity contribution is 5.41. The summed E-state index contributed by atoms with van der Waals surface area (Å²) < 4.78 is 0. The maximum Gasteiger partial charge on any atom is 0.00737 e. The van der Waals surface area contributed by atoms with Crippen LogP contribution >= 0.6 is 0 Å². The zero-order chi connectivity index (χ0) is 18.3. The van der Waals surface area contributed by atoms with Gasteiger partial charge in [-0.25, -0.2) is 0 Å². The van der Waals surface area contributed by atoms with Crippen LogP contribution in [0.25, 0.3) is 0 Å². The maximum atomic E-state index is 3.68. The first-order valence-electron chi connectivity index (χ1n) is 8.96. The van der Waals surface area contributed by atoms with Crippen molar-refractivity contribution in [2.75, 3.05) is 0 Å². The standard InChI is InChI=1S/C24H32/c1-16-10-19(14-21(12-16)23(4,5)6)18(3)20-11-17(2)13-22(15-20)24(7,8)9/h10-13,18H,1-9H3. The lowest BCUT2D eigenvalue weighted by atomic mass is 9.80. The highest BCUT2D eigenvalue weighted by Gasteiger charge is 2.20. The Morgan fingerprint density at radius 1 is 0.667 bits per heavy atom. The van der Waals surface area contributed by atoms with Gasteiger partial charge in [-0.2, -0.15) is 0 Å². The van der Waals surface area contributed by atoms with Crippen LogP contribution in [0.3, 0.4) is 0 Å². The fraction of sp³-hybridized carbons (Fsp3) is 0.500. The van der Waals surface area contributed by atoms with E-state index in [1.165, 1.54) is 33.4 Å². The van der Waals surface area contributed by atoms with Crippen LogP contribution in [0.5, 0.6) is 0 Å². The Labute approximate surface area is 149 Å². The molecule has 2 rings (SSSR count). The van der Waals surface area contributed by atoms with Crippen molar-refractivity contribution in [2.24, 2.45) is 0 Å². The zero-order valence-electron chi connectivity index (χ0n) is 16.9. The van der Waals surface area contributed by atoms with Crippen molar-refractivity contribution < 1.29 is 0 Å². The van der Waals surface area contributed by atoms with Gasteiger partial charge in [0.1, 0.15) is 0 Å². The summed E-state index contributed by atoms with van der Waals surface area (Å²) in [5.41, 5.74) is 7.96. The van der Waals surface area contributed by atoms with Crippen LogP contribution in [0.15, 0.2) is 24.3 Å². The van der Waals surface area contributed by atoms with Gasteiger partial charge in [-0.05, 0) is 59.1 Å². The fourth-order valence-electron chi connectivity index (χ4n) is 2.93. The molecule has 0 aliphatic rings. The van der Waals surface area contributed by atoms with E-state index in [0.717, 1.165) is 0 Å². The van der Waals surface area contributed by atoms with Crippen molar-refractivity contribution in [1.82, 2.24) is 0 Å². The van der Waals surface area contributed by atoms with Crippen molar-refractivity contribution >= 4 is 0 Å². The van der Waals surface area contributed by atoms with Gasteiger partial charge >= 0.3 is 0 Å². The number of rotatable bonds is 2. The molecule has 128 valence electrons. The lowest BCUT2D eigenvalue weighted by Gasteiger charge is -2.24. The van der Waals surface area contributed by atoms with E-state index in [2.05, 4.69) is 98.7 Å². The van der Waals surface area contributed by atoms with Crippen LogP contribution in [0, 0.1) is 26.0 Å². The Bertz CT molecular complexity index is 657. The van der Waals surface area contributed by atoms with Gasteiger partial charge in [-0.15, -0.1) is 0 Å². The molecule has 0 N–H and O–H groups in total. The highest BCUT2D eigenvalue weighted by atomic mass is 14.2. The van der Waals surface area contributed by atoms with Gasteiger partial charge in [0.15, 0.2) is 0 Å². The molecule has 0 aromatic heterocycles. The van der Waals surface area contributed by atoms with E-state index in [9.17, 15) is 0 Å². The fourth-order valence-corrected chi connectivity index (χ4v) is 2.93. The average molecular weight is 321 g/mol. The molecule has 0 saturated carbocycles. The monoisotopic (exact) mass is 320 g/mol. The van der Waals surface area contributed by atoms with E-state index >= 15 is 0 Å². The maximum absolute atomic E-state index is 3.68. The zero-order valence-corrected chi connectivity index (χ0v) is 16.9. The summed E-state index contributed by atoms with van der Waals surface area (Å²) >= 11 is 0. The highest BCUT2D eigenvalue weighted by Crippen LogP contribution is 2.32. The molecule has 0 heterocycles. The summed E-state index contributed by atoms with van der Waals surface area (Å²) in [6.45, 7) is 20.2. The van der Waals surface area contributed by atoms with Crippen LogP contribution in [-0.4, -0.2) is 0 Å². The Hall–Kier alpha value is -1.56. The van der Waals surface area contributed by atoms with Gasteiger partial charge in [0, 0.05) is 5.92 Å². The van der Waals surface area contributed by atoms with Crippen LogP contribution < -0.4 is 0 Å². The molecule has 0 aliphatic carbocycles. The molecular formula is C24H32. The molecule has 0 unspecified atom stereocenters. The molecule has 0 fully saturated rings. The molecule has 2 radical (unpaired) electrons. The Morgan fingerprint density at radius 2 is 1.00 bits per heavy atom. The number of hydrogen-bond donors (Lipinski definition) is 0. The second-order valence-corrected chi connectivity index (χ2v) is 9.28. The third kappa shape index (κ3) is 4.29. The molecule has 0 atom stereocenters. The van der Waals surface area contributed by atoms with Gasteiger partial charge in [0.2, 0.25) is 0 Å². The van der Waals surface area contributed by atoms with E-state index in [1.54, 1.807) is 0 Å². The molecule has 0 spiro atoms. The minimum absolute atomic E-state index is 0.118. The van der Waals surface area contributed by atoms with E-state index in [-0.39, 0.29) is 10.8 Å². The molecule has 2 aromatic carbocycles. The Balaban J connectivity index is 2.51. The number of aryl methyl sites for hydroxylation is 2. The predicted octanol–water partition coefficient (Wildman–Crippen LogP) is 6.65. The molecular weight excluding hydrogens is 288 g/mol. The second kappa shape index (κ2) is 6.39. The van der Waals surface area contributed by atoms with E-state index < -0.39 is 0 Å². The molecule has 24 heavy (non-hydrogen) atoms. The van der Waals surface area contributed by atoms with E-state index in [0.29, 0.717) is 5.92 Å². The summed E-state index contributed by atoms with van der Waals surface area (Å²) in [6, 6.07) is 16.4. The van der Waals surface area contributed by atoms with Gasteiger partial charge in [-0.3, -0.25) is 0 Å². The molecule has 0 bridgehead atoms. The number of hydrogen-bond acceptors (Lipinski definition) is 0. The molecule has 2 aromatic rings. The van der Waals surface area contributed by atoms with Crippen molar-refractivity contribution in [1.29, 1.82) is 0 Å². The molecule has 0 saturated heterocycles. The summed E-state index contributed by atoms with van der Waals surface area (Å²) in [5.74, 6) is 0.298. The van der Waals surface area contributed by atoms with Crippen LogP contribution in [0.1, 0.15) is 87.8 Å². The normalized spacial score (nSPS) is 12.8. The first kappa shape index (κ1) is 18.8. The smallest absolute Gasteiger partial charge is 0.00737 e. The third-order valence-corrected chi connectivity index (χ3v) is 4.62. The van der Waals surface area contributed by atoms with Gasteiger partial charge in [0.05, 0.1) is 0 Å². The van der Waals surface area contributed by atoms with Gasteiger partial charge in [-0.1, -0.05) is 83.9 Å². The van der Waals surface area contributed by atoms with Gasteiger partial charge < -0.3 is 0 Å². The lowest BCUT2D eigenvalue weighted by molar-refractivity contribution is 0.585. The quantitative estimate of drug-likeness (QED) is 0.581. The molecule has 0 aliphatic heterocycles. The average Bonchev–Trinajstić information content (AvgIpc) is 2.43. The second-order valence-electron chi connectivity index (χ2n) is 9.28. The molecule has 0 heteroatoms. The van der Waals surface area contributed by atoms with Crippen LogP contribution in [0.2, 0.25) is 0 Å². The summed E-state index contributed by atoms with van der Waals surface area (Å²) in [6.07, 6.45) is 0. The lowest BCUT2D eigenvalue weighted by Crippen LogP contribution is -2.14. The minimum Gasteiger partial charge on any atom is -0.0561 e. The Morgan fingerprint density at radius 3 is 1.29 bits per heavy atom. The third-order valence-electron chi connectivity index (χ3n) is 4.62. The summed E-state index contributed by atoms with van der Waals surface area (Å²) in [7, 11) is 0. The minimum atomic E-state index is 0.118. The van der Waals surface area contributed by atoms with Crippen molar-refractivity contribution in [3.05, 3.63) is 69.8 Å². The van der Waals surface area contributed by atoms with Crippen molar-refractivity contribution in [3.63, 3.8) is 0 Å². The first-order chi connectivity index (χ1) is 10.9. The SMILES string of the molecule is Cc1cc(C(C)c2[c]c(C(C)(C)C)cc(C)c2)[c]c(C(C)(C)C)c1. The Kier molecular flexibility index (Phi) is 5.00. The first-order valence-corrected chi connectivity index (χ1v) is 8.96. The van der Waals surface area contributed by atoms with Crippen molar-refractivity contribution in [3.8, 4) is 0 Å². The van der Waals surface area contributed by atoms with Gasteiger partial charge in [0.25, 0.3) is 0 Å². The van der Waals surface area contributed by atoms with E-state index in [4.69, 9.17) is 0 Å². The van der Waals surface area contributed by atoms with E-state index in [1.807, 2.05) is 0 Å². The molecule has 0 amide bonds. The van der Waals surface area contributed by atoms with Crippen LogP contribution in [-0.2, 0) is 10.8 Å². The van der Waals surface area contributed by atoms with Crippen LogP contribution in [0.4, 0.5) is 0 Å². The predicted molar refractivity (Wildman–Crippen MR) is 105 cm³/mol. The molecule has 0 nitrogen and oxygen atoms in total. The topological polar surface area (TPSA) is 0 Å².